The topological polar surface area (TPSA) is 98.2 Å². The lowest BCUT2D eigenvalue weighted by molar-refractivity contribution is -0.149. The zero-order chi connectivity index (χ0) is 21.6. The maximum atomic E-state index is 13.5. The van der Waals surface area contributed by atoms with Gasteiger partial charge in [0.1, 0.15) is 0 Å². The van der Waals surface area contributed by atoms with Gasteiger partial charge >= 0.3 is 5.97 Å². The molecule has 2 N–H and O–H groups in total. The molecule has 1 aliphatic heterocycles. The van der Waals surface area contributed by atoms with Gasteiger partial charge in [-0.2, -0.15) is 0 Å². The second kappa shape index (κ2) is 9.87. The van der Waals surface area contributed by atoms with Crippen molar-refractivity contribution in [3.8, 4) is 0 Å². The number of carboxylic acid groups (broad SMARTS) is 1. The van der Waals surface area contributed by atoms with E-state index in [1.165, 1.54) is 4.90 Å². The minimum Gasteiger partial charge on any atom is -0.481 e. The molecule has 1 saturated heterocycles. The maximum Gasteiger partial charge on any atom is 0.304 e. The summed E-state index contributed by atoms with van der Waals surface area (Å²) >= 11 is 0. The fraction of sp³-hybridized carbons (Fsp3) is 0.591. The first-order valence-electron chi connectivity index (χ1n) is 10.1. The molecule has 2 amide bonds. The molecule has 0 spiro atoms. The van der Waals surface area contributed by atoms with Crippen LogP contribution in [0.3, 0.4) is 0 Å². The van der Waals surface area contributed by atoms with Gasteiger partial charge in [0.05, 0.1) is 18.4 Å². The van der Waals surface area contributed by atoms with Gasteiger partial charge in [-0.25, -0.2) is 0 Å². The lowest BCUT2D eigenvalue weighted by Crippen LogP contribution is -2.41. The van der Waals surface area contributed by atoms with E-state index in [1.807, 2.05) is 44.2 Å². The predicted molar refractivity (Wildman–Crippen MR) is 109 cm³/mol. The third kappa shape index (κ3) is 5.56. The molecule has 1 heterocycles. The minimum atomic E-state index is -1.09. The van der Waals surface area contributed by atoms with Crippen LogP contribution in [0.5, 0.6) is 0 Å². The van der Waals surface area contributed by atoms with Crippen molar-refractivity contribution in [2.75, 3.05) is 26.7 Å². The van der Waals surface area contributed by atoms with Crippen molar-refractivity contribution < 1.29 is 24.6 Å². The molecule has 2 rings (SSSR count). The van der Waals surface area contributed by atoms with E-state index in [1.54, 1.807) is 11.9 Å². The lowest BCUT2D eigenvalue weighted by atomic mass is 9.68. The van der Waals surface area contributed by atoms with Crippen molar-refractivity contribution in [3.63, 3.8) is 0 Å². The summed E-state index contributed by atoms with van der Waals surface area (Å²) in [5.41, 5.74) is -0.121. The lowest BCUT2D eigenvalue weighted by Gasteiger charge is -2.33. The Labute approximate surface area is 172 Å². The standard InChI is InChI=1S/C22H32N2O5/c1-16(2)12-22(13-20(27)28)18(11-19(26)23(3)9-10-25)15-24(21(22)29)14-17-7-5-4-6-8-17/h4-8,16,18,25H,9-15H2,1-3H3,(H,27,28). The van der Waals surface area contributed by atoms with Crippen LogP contribution in [0, 0.1) is 17.3 Å². The first kappa shape index (κ1) is 22.9. The van der Waals surface area contributed by atoms with Crippen LogP contribution in [0.25, 0.3) is 0 Å². The van der Waals surface area contributed by atoms with Crippen molar-refractivity contribution in [1.29, 1.82) is 0 Å². The molecule has 1 aromatic carbocycles. The number of carbonyl (C=O) groups is 3. The van der Waals surface area contributed by atoms with Gasteiger partial charge in [0.2, 0.25) is 11.8 Å². The Kier molecular flexibility index (Phi) is 7.79. The van der Waals surface area contributed by atoms with Gasteiger partial charge in [-0.15, -0.1) is 0 Å². The number of benzene rings is 1. The molecule has 2 unspecified atom stereocenters. The van der Waals surface area contributed by atoms with Crippen LogP contribution in [0.1, 0.15) is 38.7 Å². The van der Waals surface area contributed by atoms with E-state index in [0.717, 1.165) is 5.56 Å². The molecule has 7 heteroatoms. The highest BCUT2D eigenvalue weighted by atomic mass is 16.4. The summed E-state index contributed by atoms with van der Waals surface area (Å²) in [5, 5.41) is 18.7. The molecule has 2 atom stereocenters. The van der Waals surface area contributed by atoms with Gasteiger partial charge in [-0.3, -0.25) is 14.4 Å². The smallest absolute Gasteiger partial charge is 0.304 e. The van der Waals surface area contributed by atoms with Crippen molar-refractivity contribution in [3.05, 3.63) is 35.9 Å². The Balaban J connectivity index is 2.35. The number of aliphatic hydroxyl groups is 1. The number of amides is 2. The molecule has 0 radical (unpaired) electrons. The van der Waals surface area contributed by atoms with Crippen LogP contribution in [0.2, 0.25) is 0 Å². The van der Waals surface area contributed by atoms with Crippen molar-refractivity contribution in [2.45, 2.75) is 39.7 Å². The number of carbonyl (C=O) groups excluding carboxylic acids is 2. The quantitative estimate of drug-likeness (QED) is 0.621. The summed E-state index contributed by atoms with van der Waals surface area (Å²) in [5.74, 6) is -1.66. The number of aliphatic hydroxyl groups excluding tert-OH is 1. The Morgan fingerprint density at radius 3 is 2.48 bits per heavy atom. The molecule has 0 aromatic heterocycles. The number of hydrogen-bond donors (Lipinski definition) is 2. The number of nitrogens with zero attached hydrogens (tertiary/aromatic N) is 2. The van der Waals surface area contributed by atoms with E-state index < -0.39 is 11.4 Å². The van der Waals surface area contributed by atoms with Gasteiger partial charge in [-0.1, -0.05) is 44.2 Å². The van der Waals surface area contributed by atoms with Crippen molar-refractivity contribution >= 4 is 17.8 Å². The molecule has 1 fully saturated rings. The third-order valence-electron chi connectivity index (χ3n) is 5.67. The molecule has 29 heavy (non-hydrogen) atoms. The van der Waals surface area contributed by atoms with Gasteiger partial charge in [-0.05, 0) is 17.9 Å². The molecule has 7 nitrogen and oxygen atoms in total. The largest absolute Gasteiger partial charge is 0.481 e. The fourth-order valence-electron chi connectivity index (χ4n) is 4.40. The average Bonchev–Trinajstić information content (AvgIpc) is 2.87. The van der Waals surface area contributed by atoms with E-state index in [0.29, 0.717) is 19.5 Å². The maximum absolute atomic E-state index is 13.5. The van der Waals surface area contributed by atoms with Gasteiger partial charge in [0.25, 0.3) is 0 Å². The summed E-state index contributed by atoms with van der Waals surface area (Å²) in [7, 11) is 1.61. The highest BCUT2D eigenvalue weighted by molar-refractivity contribution is 5.90. The molecular formula is C22H32N2O5. The summed E-state index contributed by atoms with van der Waals surface area (Å²) in [6.07, 6.45) is 0.232. The van der Waals surface area contributed by atoms with Gasteiger partial charge < -0.3 is 20.0 Å². The summed E-state index contributed by atoms with van der Waals surface area (Å²) in [4.78, 5) is 41.0. The van der Waals surface area contributed by atoms with Crippen LogP contribution < -0.4 is 0 Å². The third-order valence-corrected chi connectivity index (χ3v) is 5.67. The zero-order valence-corrected chi connectivity index (χ0v) is 17.5. The molecule has 0 saturated carbocycles. The predicted octanol–water partition coefficient (Wildman–Crippen LogP) is 1.99. The molecular weight excluding hydrogens is 372 g/mol. The van der Waals surface area contributed by atoms with Crippen LogP contribution >= 0.6 is 0 Å². The highest BCUT2D eigenvalue weighted by Crippen LogP contribution is 2.47. The highest BCUT2D eigenvalue weighted by Gasteiger charge is 2.55. The molecule has 1 aliphatic rings. The number of hydrogen-bond acceptors (Lipinski definition) is 4. The Morgan fingerprint density at radius 1 is 1.28 bits per heavy atom. The van der Waals surface area contributed by atoms with Gasteiger partial charge in [0, 0.05) is 39.0 Å². The number of aliphatic carboxylic acids is 1. The van der Waals surface area contributed by atoms with E-state index in [4.69, 9.17) is 5.11 Å². The number of carboxylic acids is 1. The van der Waals surface area contributed by atoms with E-state index >= 15 is 0 Å². The molecule has 0 aliphatic carbocycles. The van der Waals surface area contributed by atoms with Crippen LogP contribution in [0.15, 0.2) is 30.3 Å². The SMILES string of the molecule is CC(C)CC1(CC(=O)O)C(=O)N(Cc2ccccc2)CC1CC(=O)N(C)CCO. The van der Waals surface area contributed by atoms with Crippen molar-refractivity contribution in [1.82, 2.24) is 9.80 Å². The number of likely N-dealkylation sites (N-methyl/N-ethyl adjacent to an activating group) is 1. The fourth-order valence-corrected chi connectivity index (χ4v) is 4.40. The van der Waals surface area contributed by atoms with Crippen LogP contribution in [-0.4, -0.2) is 64.5 Å². The van der Waals surface area contributed by atoms with Crippen LogP contribution in [-0.2, 0) is 20.9 Å². The summed E-state index contributed by atoms with van der Waals surface area (Å²) < 4.78 is 0. The first-order valence-corrected chi connectivity index (χ1v) is 10.1. The molecule has 0 bridgehead atoms. The Bertz CT molecular complexity index is 721. The molecule has 1 aromatic rings. The van der Waals surface area contributed by atoms with Gasteiger partial charge in [0.15, 0.2) is 0 Å². The summed E-state index contributed by atoms with van der Waals surface area (Å²) in [6.45, 7) is 4.76. The van der Waals surface area contributed by atoms with Crippen molar-refractivity contribution in [2.24, 2.45) is 17.3 Å². The summed E-state index contributed by atoms with van der Waals surface area (Å²) in [6, 6.07) is 9.57. The number of likely N-dealkylation sites (tertiary alicyclic amines) is 1. The van der Waals surface area contributed by atoms with E-state index in [9.17, 15) is 19.5 Å². The monoisotopic (exact) mass is 404 g/mol. The van der Waals surface area contributed by atoms with Crippen LogP contribution in [0.4, 0.5) is 0 Å². The van der Waals surface area contributed by atoms with E-state index in [2.05, 4.69) is 0 Å². The Hall–Kier alpha value is -2.41. The zero-order valence-electron chi connectivity index (χ0n) is 17.5. The second-order valence-electron chi connectivity index (χ2n) is 8.44. The Morgan fingerprint density at radius 2 is 1.93 bits per heavy atom. The average molecular weight is 405 g/mol. The number of rotatable bonds is 10. The minimum absolute atomic E-state index is 0.0908. The van der Waals surface area contributed by atoms with E-state index in [-0.39, 0.29) is 49.6 Å². The normalized spacial score (nSPS) is 21.6. The first-order chi connectivity index (χ1) is 13.7. The second-order valence-corrected chi connectivity index (χ2v) is 8.44. The molecule has 160 valence electrons.